The van der Waals surface area contributed by atoms with E-state index in [0.29, 0.717) is 10.7 Å². The molecule has 116 valence electrons. The number of carbonyl (C=O) groups is 1. The number of aromatic nitrogens is 1. The van der Waals surface area contributed by atoms with Crippen LogP contribution in [0.1, 0.15) is 10.5 Å². The van der Waals surface area contributed by atoms with E-state index in [2.05, 4.69) is 20.8 Å². The third-order valence-corrected chi connectivity index (χ3v) is 3.37. The van der Waals surface area contributed by atoms with Crippen LogP contribution in [0.4, 0.5) is 10.1 Å². The number of amides is 1. The van der Waals surface area contributed by atoms with Crippen LogP contribution in [0.2, 0.25) is 5.02 Å². The number of nitrogens with one attached hydrogen (secondary N) is 3. The zero-order valence-corrected chi connectivity index (χ0v) is 12.6. The lowest BCUT2D eigenvalue weighted by Gasteiger charge is -2.02. The summed E-state index contributed by atoms with van der Waals surface area (Å²) in [5, 5.41) is 1.43. The molecule has 1 aromatic heterocycles. The number of H-pyrrole nitrogens is 1. The van der Waals surface area contributed by atoms with Gasteiger partial charge in [0.1, 0.15) is 23.5 Å². The quantitative estimate of drug-likeness (QED) is 0.389. The first-order valence-electron chi connectivity index (χ1n) is 6.75. The van der Waals surface area contributed by atoms with Gasteiger partial charge < -0.3 is 4.98 Å². The molecule has 0 saturated carbocycles. The fourth-order valence-electron chi connectivity index (χ4n) is 2.05. The van der Waals surface area contributed by atoms with Crippen LogP contribution in [0.25, 0.3) is 10.9 Å². The summed E-state index contributed by atoms with van der Waals surface area (Å²) in [5.74, 6) is -0.818. The zero-order chi connectivity index (χ0) is 16.2. The molecular formula is C16H12ClFN4O. The van der Waals surface area contributed by atoms with Crippen LogP contribution in [-0.4, -0.2) is 17.2 Å². The second-order valence-electron chi connectivity index (χ2n) is 4.72. The van der Waals surface area contributed by atoms with Gasteiger partial charge in [-0.3, -0.25) is 15.6 Å². The van der Waals surface area contributed by atoms with Crippen LogP contribution in [0.5, 0.6) is 0 Å². The highest BCUT2D eigenvalue weighted by atomic mass is 35.5. The Labute approximate surface area is 136 Å². The number of aliphatic imine (C=N–C) groups is 1. The van der Waals surface area contributed by atoms with Crippen LogP contribution >= 0.6 is 11.6 Å². The molecule has 0 unspecified atom stereocenters. The Morgan fingerprint density at radius 1 is 1.22 bits per heavy atom. The molecule has 5 nitrogen and oxygen atoms in total. The minimum atomic E-state index is -0.440. The highest BCUT2D eigenvalue weighted by Crippen LogP contribution is 2.20. The molecule has 1 heterocycles. The van der Waals surface area contributed by atoms with E-state index in [1.165, 1.54) is 18.5 Å². The topological polar surface area (TPSA) is 69.3 Å². The summed E-state index contributed by atoms with van der Waals surface area (Å²) in [5.41, 5.74) is 6.30. The van der Waals surface area contributed by atoms with Gasteiger partial charge in [-0.1, -0.05) is 23.7 Å². The van der Waals surface area contributed by atoms with E-state index in [-0.39, 0.29) is 11.6 Å². The molecule has 0 aliphatic heterocycles. The lowest BCUT2D eigenvalue weighted by atomic mass is 10.2. The molecule has 3 N–H and O–H groups in total. The molecule has 0 radical (unpaired) electrons. The minimum Gasteiger partial charge on any atom is -0.350 e. The molecule has 0 aliphatic rings. The maximum atomic E-state index is 13.3. The second kappa shape index (κ2) is 6.50. The number of rotatable bonds is 4. The van der Waals surface area contributed by atoms with E-state index in [1.807, 2.05) is 0 Å². The number of nitrogens with zero attached hydrogens (tertiary/aromatic N) is 1. The van der Waals surface area contributed by atoms with E-state index in [1.54, 1.807) is 36.4 Å². The number of fused-ring (bicyclic) bond motifs is 1. The predicted molar refractivity (Wildman–Crippen MR) is 88.5 cm³/mol. The van der Waals surface area contributed by atoms with E-state index in [9.17, 15) is 9.18 Å². The summed E-state index contributed by atoms with van der Waals surface area (Å²) < 4.78 is 13.3. The molecule has 0 saturated heterocycles. The molecule has 3 rings (SSSR count). The molecule has 2 aromatic carbocycles. The van der Waals surface area contributed by atoms with Crippen LogP contribution in [-0.2, 0) is 0 Å². The van der Waals surface area contributed by atoms with Gasteiger partial charge in [-0.05, 0) is 36.4 Å². The van der Waals surface area contributed by atoms with E-state index in [4.69, 9.17) is 11.6 Å². The Morgan fingerprint density at radius 2 is 2.04 bits per heavy atom. The molecule has 0 atom stereocenters. The Bertz CT molecular complexity index is 891. The van der Waals surface area contributed by atoms with Gasteiger partial charge in [0, 0.05) is 15.9 Å². The highest BCUT2D eigenvalue weighted by Gasteiger charge is 2.08. The normalized spacial score (nSPS) is 11.0. The summed E-state index contributed by atoms with van der Waals surface area (Å²) in [6.07, 6.45) is 1.20. The first-order valence-corrected chi connectivity index (χ1v) is 7.12. The highest BCUT2D eigenvalue weighted by molar-refractivity contribution is 6.31. The van der Waals surface area contributed by atoms with Crippen LogP contribution < -0.4 is 10.9 Å². The Kier molecular flexibility index (Phi) is 4.25. The van der Waals surface area contributed by atoms with E-state index >= 15 is 0 Å². The fraction of sp³-hybridized carbons (Fsp3) is 0. The van der Waals surface area contributed by atoms with Crippen molar-refractivity contribution >= 4 is 40.4 Å². The number of halogens is 2. The smallest absolute Gasteiger partial charge is 0.286 e. The van der Waals surface area contributed by atoms with Crippen molar-refractivity contribution in [2.45, 2.75) is 0 Å². The number of para-hydroxylation sites is 1. The average molecular weight is 331 g/mol. The molecule has 3 aromatic rings. The van der Waals surface area contributed by atoms with Crippen molar-refractivity contribution in [3.63, 3.8) is 0 Å². The number of hydrogen-bond acceptors (Lipinski definition) is 2. The molecule has 0 spiro atoms. The summed E-state index contributed by atoms with van der Waals surface area (Å²) in [6.45, 7) is 0. The molecule has 0 fully saturated rings. The number of benzene rings is 2. The monoisotopic (exact) mass is 330 g/mol. The van der Waals surface area contributed by atoms with Crippen LogP contribution in [0.3, 0.4) is 0 Å². The maximum Gasteiger partial charge on any atom is 0.286 e. The van der Waals surface area contributed by atoms with Crippen molar-refractivity contribution in [1.29, 1.82) is 0 Å². The number of carbonyl (C=O) groups excluding carboxylic acids is 1. The summed E-state index contributed by atoms with van der Waals surface area (Å²) in [7, 11) is 0. The largest absolute Gasteiger partial charge is 0.350 e. The maximum absolute atomic E-state index is 13.3. The SMILES string of the molecule is O=C(NNC=Nc1ccccc1F)c1cc2cc(Cl)ccc2[nH]1. The van der Waals surface area contributed by atoms with Gasteiger partial charge in [0.25, 0.3) is 5.91 Å². The van der Waals surface area contributed by atoms with Gasteiger partial charge in [-0.15, -0.1) is 0 Å². The lowest BCUT2D eigenvalue weighted by molar-refractivity contribution is 0.0940. The van der Waals surface area contributed by atoms with E-state index < -0.39 is 5.82 Å². The van der Waals surface area contributed by atoms with Gasteiger partial charge in [-0.2, -0.15) is 0 Å². The molecular weight excluding hydrogens is 319 g/mol. The van der Waals surface area contributed by atoms with Crippen molar-refractivity contribution in [2.24, 2.45) is 4.99 Å². The van der Waals surface area contributed by atoms with Crippen molar-refractivity contribution in [2.75, 3.05) is 0 Å². The number of hydrogen-bond donors (Lipinski definition) is 3. The summed E-state index contributed by atoms with van der Waals surface area (Å²) in [6, 6.07) is 13.1. The number of aromatic amines is 1. The third-order valence-electron chi connectivity index (χ3n) is 3.13. The molecule has 1 amide bonds. The first-order chi connectivity index (χ1) is 11.1. The van der Waals surface area contributed by atoms with E-state index in [0.717, 1.165) is 10.9 Å². The van der Waals surface area contributed by atoms with Crippen molar-refractivity contribution in [1.82, 2.24) is 15.8 Å². The minimum absolute atomic E-state index is 0.175. The molecule has 0 bridgehead atoms. The summed E-state index contributed by atoms with van der Waals surface area (Å²) in [4.78, 5) is 18.9. The molecule has 7 heteroatoms. The summed E-state index contributed by atoms with van der Waals surface area (Å²) >= 11 is 5.91. The molecule has 23 heavy (non-hydrogen) atoms. The first kappa shape index (κ1) is 15.1. The van der Waals surface area contributed by atoms with Crippen molar-refractivity contribution in [3.05, 3.63) is 65.1 Å². The lowest BCUT2D eigenvalue weighted by Crippen LogP contribution is -2.36. The van der Waals surface area contributed by atoms with Crippen LogP contribution in [0.15, 0.2) is 53.5 Å². The molecule has 0 aliphatic carbocycles. The zero-order valence-electron chi connectivity index (χ0n) is 11.8. The Morgan fingerprint density at radius 3 is 2.87 bits per heavy atom. The second-order valence-corrected chi connectivity index (χ2v) is 5.16. The van der Waals surface area contributed by atoms with Gasteiger partial charge in [0.15, 0.2) is 0 Å². The van der Waals surface area contributed by atoms with Gasteiger partial charge >= 0.3 is 0 Å². The van der Waals surface area contributed by atoms with Gasteiger partial charge in [0.2, 0.25) is 0 Å². The third kappa shape index (κ3) is 3.49. The standard InChI is InChI=1S/C16H12ClFN4O/c17-11-5-6-13-10(7-11)8-15(21-13)16(23)22-20-9-19-14-4-2-1-3-12(14)18/h1-9,21H,(H,19,20)(H,22,23). The van der Waals surface area contributed by atoms with Crippen molar-refractivity contribution in [3.8, 4) is 0 Å². The van der Waals surface area contributed by atoms with Gasteiger partial charge in [0.05, 0.1) is 0 Å². The predicted octanol–water partition coefficient (Wildman–Crippen LogP) is 3.55. The van der Waals surface area contributed by atoms with Crippen LogP contribution in [0, 0.1) is 5.82 Å². The fourth-order valence-corrected chi connectivity index (χ4v) is 2.23. The van der Waals surface area contributed by atoms with Gasteiger partial charge in [-0.25, -0.2) is 9.38 Å². The Hall–Kier alpha value is -2.86. The van der Waals surface area contributed by atoms with Crippen molar-refractivity contribution < 1.29 is 9.18 Å². The number of hydrazine groups is 1. The Balaban J connectivity index is 1.63. The average Bonchev–Trinajstić information content (AvgIpc) is 2.96.